The first-order valence-corrected chi connectivity index (χ1v) is 14.6. The lowest BCUT2D eigenvalue weighted by molar-refractivity contribution is -0.0379. The largest absolute Gasteiger partial charge is 0.494 e. The van der Waals surface area contributed by atoms with Crippen LogP contribution in [0.15, 0.2) is 29.3 Å². The molecule has 34 heavy (non-hydrogen) atoms. The molecule has 3 aromatic rings. The fourth-order valence-electron chi connectivity index (χ4n) is 4.25. The molecular formula is C28H38N2O2S2. The molecule has 0 bridgehead atoms. The molecule has 0 saturated carbocycles. The van der Waals surface area contributed by atoms with Gasteiger partial charge in [-0.1, -0.05) is 46.0 Å². The topological polar surface area (TPSA) is 44.2 Å². The third kappa shape index (κ3) is 6.32. The Bertz CT molecular complexity index is 1080. The SMILES string of the molecule is CCCCCCCSc1nc(-c2ccc(OCCCC)cc2)nc2sc3c(c12)CC(C)(C)OC3. The number of hydrogen-bond donors (Lipinski definition) is 0. The molecule has 0 radical (unpaired) electrons. The predicted octanol–water partition coefficient (Wildman–Crippen LogP) is 8.45. The molecular weight excluding hydrogens is 460 g/mol. The summed E-state index contributed by atoms with van der Waals surface area (Å²) in [5.41, 5.74) is 2.29. The molecule has 4 nitrogen and oxygen atoms in total. The normalized spacial score (nSPS) is 14.9. The van der Waals surface area contributed by atoms with E-state index in [0.29, 0.717) is 6.61 Å². The minimum Gasteiger partial charge on any atom is -0.494 e. The maximum Gasteiger partial charge on any atom is 0.162 e. The number of ether oxygens (including phenoxy) is 2. The lowest BCUT2D eigenvalue weighted by Gasteiger charge is -2.30. The number of fused-ring (bicyclic) bond motifs is 3. The van der Waals surface area contributed by atoms with Crippen molar-refractivity contribution in [3.8, 4) is 17.1 Å². The average molecular weight is 499 g/mol. The summed E-state index contributed by atoms with van der Waals surface area (Å²) in [6, 6.07) is 8.24. The minimum atomic E-state index is -0.143. The zero-order valence-corrected chi connectivity index (χ0v) is 22.7. The lowest BCUT2D eigenvalue weighted by atomic mass is 9.94. The van der Waals surface area contributed by atoms with Crippen molar-refractivity contribution < 1.29 is 9.47 Å². The highest BCUT2D eigenvalue weighted by Crippen LogP contribution is 2.42. The molecule has 1 aliphatic heterocycles. The quantitative estimate of drug-likeness (QED) is 0.142. The monoisotopic (exact) mass is 498 g/mol. The van der Waals surface area contributed by atoms with Crippen LogP contribution in [-0.4, -0.2) is 27.9 Å². The van der Waals surface area contributed by atoms with E-state index >= 15 is 0 Å². The first-order chi connectivity index (χ1) is 16.5. The third-order valence-corrected chi connectivity index (χ3v) is 8.42. The van der Waals surface area contributed by atoms with Crippen molar-refractivity contribution in [2.75, 3.05) is 12.4 Å². The number of thioether (sulfide) groups is 1. The molecule has 0 N–H and O–H groups in total. The molecule has 0 atom stereocenters. The standard InChI is InChI=1S/C28H38N2O2S2/c1-5-7-9-10-11-17-33-26-24-22-18-28(3,4)32-19-23(22)34-27(24)30-25(29-26)20-12-14-21(15-13-20)31-16-8-6-2/h12-15H,5-11,16-19H2,1-4H3. The molecule has 4 rings (SSSR count). The van der Waals surface area contributed by atoms with Gasteiger partial charge in [-0.15, -0.1) is 23.1 Å². The molecule has 3 heterocycles. The van der Waals surface area contributed by atoms with Crippen LogP contribution in [0.25, 0.3) is 21.6 Å². The Hall–Kier alpha value is -1.63. The van der Waals surface area contributed by atoms with E-state index in [0.717, 1.165) is 58.6 Å². The zero-order chi connectivity index (χ0) is 24.0. The Balaban J connectivity index is 1.62. The van der Waals surface area contributed by atoms with E-state index in [1.807, 2.05) is 23.9 Å². The highest BCUT2D eigenvalue weighted by molar-refractivity contribution is 7.99. The van der Waals surface area contributed by atoms with Crippen LogP contribution in [0.1, 0.15) is 83.1 Å². The van der Waals surface area contributed by atoms with Gasteiger partial charge in [0.05, 0.1) is 18.8 Å². The first kappa shape index (κ1) is 25.5. The van der Waals surface area contributed by atoms with Crippen LogP contribution >= 0.6 is 23.1 Å². The summed E-state index contributed by atoms with van der Waals surface area (Å²) >= 11 is 3.68. The van der Waals surface area contributed by atoms with Gasteiger partial charge in [0.25, 0.3) is 0 Å². The van der Waals surface area contributed by atoms with Crippen LogP contribution in [0.3, 0.4) is 0 Å². The van der Waals surface area contributed by atoms with Gasteiger partial charge in [0.15, 0.2) is 5.82 Å². The number of benzene rings is 1. The van der Waals surface area contributed by atoms with Crippen molar-refractivity contribution in [3.63, 3.8) is 0 Å². The molecule has 6 heteroatoms. The van der Waals surface area contributed by atoms with Crippen LogP contribution in [0.5, 0.6) is 5.75 Å². The smallest absolute Gasteiger partial charge is 0.162 e. The van der Waals surface area contributed by atoms with E-state index in [4.69, 9.17) is 19.4 Å². The summed E-state index contributed by atoms with van der Waals surface area (Å²) in [5.74, 6) is 2.81. The van der Waals surface area contributed by atoms with Crippen molar-refractivity contribution in [3.05, 3.63) is 34.7 Å². The van der Waals surface area contributed by atoms with Crippen LogP contribution in [0, 0.1) is 0 Å². The molecule has 1 aliphatic rings. The number of aromatic nitrogens is 2. The molecule has 0 saturated heterocycles. The van der Waals surface area contributed by atoms with Gasteiger partial charge in [-0.2, -0.15) is 0 Å². The Morgan fingerprint density at radius 2 is 1.76 bits per heavy atom. The fraction of sp³-hybridized carbons (Fsp3) is 0.571. The van der Waals surface area contributed by atoms with Crippen LogP contribution in [0.4, 0.5) is 0 Å². The maximum atomic E-state index is 6.11. The third-order valence-electron chi connectivity index (χ3n) is 6.26. The highest BCUT2D eigenvalue weighted by Gasteiger charge is 2.31. The van der Waals surface area contributed by atoms with Crippen LogP contribution in [0.2, 0.25) is 0 Å². The summed E-state index contributed by atoms with van der Waals surface area (Å²) in [5, 5.41) is 2.40. The van der Waals surface area contributed by atoms with E-state index in [-0.39, 0.29) is 5.60 Å². The van der Waals surface area contributed by atoms with Gasteiger partial charge < -0.3 is 9.47 Å². The molecule has 0 spiro atoms. The molecule has 0 unspecified atom stereocenters. The number of unbranched alkanes of at least 4 members (excludes halogenated alkanes) is 5. The summed E-state index contributed by atoms with van der Waals surface area (Å²) in [6.45, 7) is 10.2. The molecule has 0 amide bonds. The number of thiophene rings is 1. The van der Waals surface area contributed by atoms with Gasteiger partial charge in [0.1, 0.15) is 15.6 Å². The summed E-state index contributed by atoms with van der Waals surface area (Å²) in [4.78, 5) is 12.5. The van der Waals surface area contributed by atoms with Crippen molar-refractivity contribution in [1.29, 1.82) is 0 Å². The predicted molar refractivity (Wildman–Crippen MR) is 145 cm³/mol. The van der Waals surface area contributed by atoms with E-state index in [9.17, 15) is 0 Å². The van der Waals surface area contributed by atoms with E-state index in [1.165, 1.54) is 47.9 Å². The van der Waals surface area contributed by atoms with Crippen LogP contribution in [-0.2, 0) is 17.8 Å². The Morgan fingerprint density at radius 3 is 2.53 bits per heavy atom. The maximum absolute atomic E-state index is 6.11. The van der Waals surface area contributed by atoms with Gasteiger partial charge in [-0.05, 0) is 62.3 Å². The van der Waals surface area contributed by atoms with Gasteiger partial charge in [-0.25, -0.2) is 9.97 Å². The summed E-state index contributed by atoms with van der Waals surface area (Å²) < 4.78 is 11.9. The molecule has 1 aromatic carbocycles. The van der Waals surface area contributed by atoms with Crippen LogP contribution < -0.4 is 4.74 Å². The second-order valence-corrected chi connectivity index (χ2v) is 11.9. The number of hydrogen-bond acceptors (Lipinski definition) is 6. The highest BCUT2D eigenvalue weighted by atomic mass is 32.2. The minimum absolute atomic E-state index is 0.143. The lowest BCUT2D eigenvalue weighted by Crippen LogP contribution is -2.31. The van der Waals surface area contributed by atoms with E-state index in [2.05, 4.69) is 39.8 Å². The Morgan fingerprint density at radius 1 is 1.00 bits per heavy atom. The second kappa shape index (κ2) is 11.9. The Kier molecular flexibility index (Phi) is 8.89. The van der Waals surface area contributed by atoms with Gasteiger partial charge in [0.2, 0.25) is 0 Å². The van der Waals surface area contributed by atoms with Crippen molar-refractivity contribution >= 4 is 33.3 Å². The van der Waals surface area contributed by atoms with Crippen molar-refractivity contribution in [2.24, 2.45) is 0 Å². The number of nitrogens with zero attached hydrogens (tertiary/aromatic N) is 2. The van der Waals surface area contributed by atoms with Gasteiger partial charge >= 0.3 is 0 Å². The average Bonchev–Trinajstić information content (AvgIpc) is 3.18. The fourth-order valence-corrected chi connectivity index (χ4v) is 6.48. The second-order valence-electron chi connectivity index (χ2n) is 9.75. The van der Waals surface area contributed by atoms with Gasteiger partial charge in [0, 0.05) is 22.2 Å². The summed E-state index contributed by atoms with van der Waals surface area (Å²) in [7, 11) is 0. The molecule has 2 aromatic heterocycles. The van der Waals surface area contributed by atoms with E-state index in [1.54, 1.807) is 11.3 Å². The zero-order valence-electron chi connectivity index (χ0n) is 21.1. The number of rotatable bonds is 12. The molecule has 184 valence electrons. The first-order valence-electron chi connectivity index (χ1n) is 12.8. The molecule has 0 fully saturated rings. The van der Waals surface area contributed by atoms with Crippen molar-refractivity contribution in [1.82, 2.24) is 9.97 Å². The van der Waals surface area contributed by atoms with E-state index < -0.39 is 0 Å². The summed E-state index contributed by atoms with van der Waals surface area (Å²) in [6.07, 6.45) is 9.59. The molecule has 0 aliphatic carbocycles. The van der Waals surface area contributed by atoms with Gasteiger partial charge in [-0.3, -0.25) is 0 Å². The van der Waals surface area contributed by atoms with Crippen molar-refractivity contribution in [2.45, 2.75) is 96.3 Å². The Labute approximate surface area is 212 Å².